The summed E-state index contributed by atoms with van der Waals surface area (Å²) in [6.45, 7) is 8.73. The summed E-state index contributed by atoms with van der Waals surface area (Å²) in [5.74, 6) is 0.431. The molecule has 27 heavy (non-hydrogen) atoms. The van der Waals surface area contributed by atoms with Gasteiger partial charge in [-0.05, 0) is 51.1 Å². The van der Waals surface area contributed by atoms with E-state index in [1.165, 1.54) is 0 Å². The first-order chi connectivity index (χ1) is 13.2. The molecule has 2 aliphatic heterocycles. The van der Waals surface area contributed by atoms with E-state index in [1.54, 1.807) is 6.20 Å². The number of hydrogen-bond donors (Lipinski definition) is 1. The summed E-state index contributed by atoms with van der Waals surface area (Å²) in [6.07, 6.45) is 5.96. The van der Waals surface area contributed by atoms with Crippen LogP contribution < -0.4 is 0 Å². The van der Waals surface area contributed by atoms with Crippen molar-refractivity contribution in [2.75, 3.05) is 46.0 Å². The Bertz CT molecular complexity index is 617. The molecule has 1 aromatic heterocycles. The highest BCUT2D eigenvalue weighted by Crippen LogP contribution is 2.48. The van der Waals surface area contributed by atoms with Crippen molar-refractivity contribution in [3.63, 3.8) is 0 Å². The third-order valence-electron chi connectivity index (χ3n) is 6.76. The maximum Gasteiger partial charge on any atom is 0.313 e. The highest BCUT2D eigenvalue weighted by Gasteiger charge is 2.53. The summed E-state index contributed by atoms with van der Waals surface area (Å²) in [6, 6.07) is 2.60. The van der Waals surface area contributed by atoms with Gasteiger partial charge in [0.25, 0.3) is 0 Å². The van der Waals surface area contributed by atoms with Gasteiger partial charge in [0.2, 0.25) is 0 Å². The summed E-state index contributed by atoms with van der Waals surface area (Å²) in [5, 5.41) is 7.10. The fourth-order valence-electron chi connectivity index (χ4n) is 5.35. The van der Waals surface area contributed by atoms with Gasteiger partial charge in [0, 0.05) is 44.1 Å². The van der Waals surface area contributed by atoms with Crippen LogP contribution in [0.25, 0.3) is 0 Å². The number of esters is 1. The van der Waals surface area contributed by atoms with Gasteiger partial charge in [0.1, 0.15) is 0 Å². The van der Waals surface area contributed by atoms with Gasteiger partial charge in [0.15, 0.2) is 0 Å². The second kappa shape index (κ2) is 8.29. The quantitative estimate of drug-likeness (QED) is 0.789. The van der Waals surface area contributed by atoms with Crippen LogP contribution in [0, 0.1) is 11.3 Å². The van der Waals surface area contributed by atoms with E-state index in [-0.39, 0.29) is 11.4 Å². The molecule has 0 aromatic carbocycles. The van der Waals surface area contributed by atoms with Crippen molar-refractivity contribution in [1.82, 2.24) is 20.0 Å². The van der Waals surface area contributed by atoms with Gasteiger partial charge in [-0.2, -0.15) is 5.10 Å². The number of fused-ring (bicyclic) bond motifs is 1. The zero-order valence-corrected chi connectivity index (χ0v) is 16.4. The van der Waals surface area contributed by atoms with Crippen molar-refractivity contribution in [1.29, 1.82) is 0 Å². The normalized spacial score (nSPS) is 32.8. The molecule has 1 saturated carbocycles. The minimum atomic E-state index is -0.350. The van der Waals surface area contributed by atoms with Gasteiger partial charge in [-0.15, -0.1) is 0 Å². The van der Waals surface area contributed by atoms with Crippen molar-refractivity contribution < 1.29 is 14.3 Å². The number of morpholine rings is 1. The van der Waals surface area contributed by atoms with Crippen LogP contribution in [0.15, 0.2) is 12.3 Å². The van der Waals surface area contributed by atoms with Crippen molar-refractivity contribution in [3.05, 3.63) is 18.0 Å². The molecule has 3 atom stereocenters. The number of hydrogen-bond acceptors (Lipinski definition) is 6. The topological polar surface area (TPSA) is 70.7 Å². The first kappa shape index (κ1) is 18.9. The molecule has 4 rings (SSSR count). The predicted octanol–water partition coefficient (Wildman–Crippen LogP) is 1.67. The fraction of sp³-hybridized carbons (Fsp3) is 0.800. The lowest BCUT2D eigenvalue weighted by Gasteiger charge is -2.52. The minimum absolute atomic E-state index is 0.0183. The van der Waals surface area contributed by atoms with Crippen LogP contribution in [-0.2, 0) is 20.8 Å². The number of ether oxygens (including phenoxy) is 2. The fourth-order valence-corrected chi connectivity index (χ4v) is 5.35. The third kappa shape index (κ3) is 3.91. The molecular formula is C20H32N4O3. The number of aromatic nitrogens is 2. The predicted molar refractivity (Wildman–Crippen MR) is 101 cm³/mol. The van der Waals surface area contributed by atoms with Gasteiger partial charge in [0.05, 0.1) is 25.2 Å². The number of H-pyrrole nitrogens is 1. The van der Waals surface area contributed by atoms with E-state index in [9.17, 15) is 4.79 Å². The van der Waals surface area contributed by atoms with Crippen LogP contribution in [0.5, 0.6) is 0 Å². The molecule has 0 radical (unpaired) electrons. The maximum absolute atomic E-state index is 13.1. The lowest BCUT2D eigenvalue weighted by molar-refractivity contribution is -0.170. The van der Waals surface area contributed by atoms with Crippen LogP contribution in [-0.4, -0.2) is 78.0 Å². The number of carbonyl (C=O) groups is 1. The molecule has 150 valence electrons. The van der Waals surface area contributed by atoms with Crippen LogP contribution in [0.1, 0.15) is 38.3 Å². The summed E-state index contributed by atoms with van der Waals surface area (Å²) < 4.78 is 11.1. The Kier molecular flexibility index (Phi) is 5.80. The monoisotopic (exact) mass is 376 g/mol. The van der Waals surface area contributed by atoms with E-state index in [1.807, 2.05) is 13.0 Å². The van der Waals surface area contributed by atoms with Crippen LogP contribution >= 0.6 is 0 Å². The van der Waals surface area contributed by atoms with E-state index in [4.69, 9.17) is 9.47 Å². The SMILES string of the molecule is CCOC(=O)[C@@]12CC[C@H](N3CCOCC3)C[C@H]1CCN(Cc1ccn[nH]1)C2. The summed E-state index contributed by atoms with van der Waals surface area (Å²) in [7, 11) is 0. The molecule has 1 N–H and O–H groups in total. The second-order valence-corrected chi connectivity index (χ2v) is 8.23. The Morgan fingerprint density at radius 1 is 1.37 bits per heavy atom. The van der Waals surface area contributed by atoms with E-state index < -0.39 is 0 Å². The first-order valence-electron chi connectivity index (χ1n) is 10.4. The lowest BCUT2D eigenvalue weighted by atomic mass is 9.61. The van der Waals surface area contributed by atoms with Crippen molar-refractivity contribution in [3.8, 4) is 0 Å². The van der Waals surface area contributed by atoms with E-state index >= 15 is 0 Å². The largest absolute Gasteiger partial charge is 0.466 e. The molecule has 3 heterocycles. The average Bonchev–Trinajstić information content (AvgIpc) is 3.21. The molecule has 0 bridgehead atoms. The Morgan fingerprint density at radius 3 is 2.96 bits per heavy atom. The number of carbonyl (C=O) groups excluding carboxylic acids is 1. The smallest absolute Gasteiger partial charge is 0.313 e. The van der Waals surface area contributed by atoms with Crippen molar-refractivity contribution in [2.45, 2.75) is 45.2 Å². The summed E-state index contributed by atoms with van der Waals surface area (Å²) in [5.41, 5.74) is 0.756. The number of aromatic amines is 1. The Labute approximate surface area is 161 Å². The minimum Gasteiger partial charge on any atom is -0.466 e. The first-order valence-corrected chi connectivity index (χ1v) is 10.4. The molecule has 3 aliphatic rings. The molecule has 1 aliphatic carbocycles. The van der Waals surface area contributed by atoms with Crippen LogP contribution in [0.4, 0.5) is 0 Å². The molecule has 0 unspecified atom stereocenters. The van der Waals surface area contributed by atoms with E-state index in [2.05, 4.69) is 20.0 Å². The standard InChI is InChI=1S/C20H32N4O3/c1-2-27-19(25)20-6-3-18(24-9-11-26-12-10-24)13-16(20)5-8-23(15-20)14-17-4-7-21-22-17/h4,7,16,18H,2-3,5-6,8-15H2,1H3,(H,21,22)/t16-,18+,20-/m1/s1. The van der Waals surface area contributed by atoms with Gasteiger partial charge in [-0.25, -0.2) is 0 Å². The Hall–Kier alpha value is -1.44. The zero-order chi connectivity index (χ0) is 18.7. The van der Waals surface area contributed by atoms with Gasteiger partial charge >= 0.3 is 5.97 Å². The molecule has 7 heteroatoms. The van der Waals surface area contributed by atoms with Crippen molar-refractivity contribution in [2.24, 2.45) is 11.3 Å². The molecule has 2 saturated heterocycles. The molecule has 0 amide bonds. The number of rotatable bonds is 5. The van der Waals surface area contributed by atoms with Gasteiger partial charge in [-0.1, -0.05) is 0 Å². The maximum atomic E-state index is 13.1. The highest BCUT2D eigenvalue weighted by atomic mass is 16.5. The zero-order valence-electron chi connectivity index (χ0n) is 16.4. The lowest BCUT2D eigenvalue weighted by Crippen LogP contribution is -2.58. The second-order valence-electron chi connectivity index (χ2n) is 8.23. The van der Waals surface area contributed by atoms with Crippen molar-refractivity contribution >= 4 is 5.97 Å². The van der Waals surface area contributed by atoms with Gasteiger partial charge < -0.3 is 9.47 Å². The Balaban J connectivity index is 1.48. The highest BCUT2D eigenvalue weighted by molar-refractivity contribution is 5.78. The van der Waals surface area contributed by atoms with Crippen LogP contribution in [0.2, 0.25) is 0 Å². The van der Waals surface area contributed by atoms with Gasteiger partial charge in [-0.3, -0.25) is 19.7 Å². The molecular weight excluding hydrogens is 344 g/mol. The number of likely N-dealkylation sites (tertiary alicyclic amines) is 1. The van der Waals surface area contributed by atoms with Crippen LogP contribution in [0.3, 0.4) is 0 Å². The molecule has 0 spiro atoms. The average molecular weight is 377 g/mol. The molecule has 3 fully saturated rings. The molecule has 1 aromatic rings. The number of nitrogens with one attached hydrogen (secondary N) is 1. The number of piperidine rings is 1. The molecule has 7 nitrogen and oxygen atoms in total. The van der Waals surface area contributed by atoms with E-state index in [0.29, 0.717) is 18.6 Å². The summed E-state index contributed by atoms with van der Waals surface area (Å²) >= 11 is 0. The third-order valence-corrected chi connectivity index (χ3v) is 6.76. The summed E-state index contributed by atoms with van der Waals surface area (Å²) in [4.78, 5) is 18.1. The Morgan fingerprint density at radius 2 is 2.22 bits per heavy atom. The van der Waals surface area contributed by atoms with E-state index in [0.717, 1.165) is 77.3 Å². The number of nitrogens with zero attached hydrogens (tertiary/aromatic N) is 3.